The molecule has 1 aliphatic rings. The Morgan fingerprint density at radius 2 is 1.87 bits per heavy atom. The highest BCUT2D eigenvalue weighted by Gasteiger charge is 2.31. The lowest BCUT2D eigenvalue weighted by Crippen LogP contribution is -2.44. The normalized spacial score (nSPS) is 14.6. The summed E-state index contributed by atoms with van der Waals surface area (Å²) in [6.45, 7) is 2.57. The van der Waals surface area contributed by atoms with Crippen LogP contribution in [0.1, 0.15) is 23.7 Å². The molecule has 1 atom stereocenters. The highest BCUT2D eigenvalue weighted by atomic mass is 19.4. The zero-order valence-corrected chi connectivity index (χ0v) is 16.7. The molecule has 4 rings (SSSR count). The molecular formula is C22H20F3N5O. The lowest BCUT2D eigenvalue weighted by atomic mass is 9.97. The monoisotopic (exact) mass is 427 g/mol. The van der Waals surface area contributed by atoms with Gasteiger partial charge in [0.15, 0.2) is 0 Å². The van der Waals surface area contributed by atoms with E-state index in [2.05, 4.69) is 20.3 Å². The molecule has 0 saturated carbocycles. The average molecular weight is 427 g/mol. The summed E-state index contributed by atoms with van der Waals surface area (Å²) >= 11 is 0. The second-order valence-corrected chi connectivity index (χ2v) is 7.31. The Bertz CT molecular complexity index is 1070. The minimum absolute atomic E-state index is 0.0778. The zero-order valence-electron chi connectivity index (χ0n) is 16.7. The van der Waals surface area contributed by atoms with Crippen LogP contribution in [0.4, 0.5) is 19.0 Å². The van der Waals surface area contributed by atoms with Crippen molar-refractivity contribution < 1.29 is 18.0 Å². The number of aromatic nitrogens is 3. The van der Waals surface area contributed by atoms with E-state index in [1.165, 1.54) is 18.5 Å². The number of anilines is 1. The number of rotatable bonds is 4. The molecule has 1 aliphatic heterocycles. The number of nitrogens with one attached hydrogen (secondary N) is 1. The minimum atomic E-state index is -4.38. The number of pyridine rings is 1. The Labute approximate surface area is 177 Å². The highest BCUT2D eigenvalue weighted by Crippen LogP contribution is 2.32. The maximum atomic E-state index is 12.9. The Morgan fingerprint density at radius 3 is 2.55 bits per heavy atom. The van der Waals surface area contributed by atoms with Gasteiger partial charge in [0.25, 0.3) is 0 Å². The van der Waals surface area contributed by atoms with Gasteiger partial charge in [0.2, 0.25) is 5.91 Å². The van der Waals surface area contributed by atoms with Gasteiger partial charge in [0, 0.05) is 23.9 Å². The SMILES string of the molecule is C[C@H](Nc1ccccn1)C(=O)N1CCc2c(ncnc2-c2ccc(C(F)(F)F)cc2)C1. The molecule has 0 radical (unpaired) electrons. The van der Waals surface area contributed by atoms with Gasteiger partial charge in [-0.2, -0.15) is 13.2 Å². The van der Waals surface area contributed by atoms with Crippen LogP contribution in [-0.4, -0.2) is 38.3 Å². The molecule has 0 saturated heterocycles. The fourth-order valence-corrected chi connectivity index (χ4v) is 3.61. The standard InChI is InChI=1S/C22H20F3N5O/c1-14(29-19-4-2-3-10-26-19)21(31)30-11-9-17-18(12-30)27-13-28-20(17)15-5-7-16(8-6-15)22(23,24)25/h2-8,10,13-14H,9,11-12H2,1H3,(H,26,29)/t14-/m0/s1. The summed E-state index contributed by atoms with van der Waals surface area (Å²) in [6.07, 6.45) is -0.829. The van der Waals surface area contributed by atoms with E-state index in [9.17, 15) is 18.0 Å². The summed E-state index contributed by atoms with van der Waals surface area (Å²) in [5.74, 6) is 0.540. The smallest absolute Gasteiger partial charge is 0.359 e. The number of benzene rings is 1. The van der Waals surface area contributed by atoms with Crippen LogP contribution in [-0.2, 0) is 23.9 Å². The molecule has 9 heteroatoms. The van der Waals surface area contributed by atoms with Crippen LogP contribution in [0.15, 0.2) is 55.0 Å². The van der Waals surface area contributed by atoms with Crippen molar-refractivity contribution in [3.63, 3.8) is 0 Å². The van der Waals surface area contributed by atoms with Crippen LogP contribution in [0.5, 0.6) is 0 Å². The Balaban J connectivity index is 1.51. The molecule has 160 valence electrons. The van der Waals surface area contributed by atoms with Crippen LogP contribution in [0, 0.1) is 0 Å². The molecule has 0 bridgehead atoms. The van der Waals surface area contributed by atoms with Crippen molar-refractivity contribution in [2.75, 3.05) is 11.9 Å². The summed E-state index contributed by atoms with van der Waals surface area (Å²) in [5, 5.41) is 3.09. The van der Waals surface area contributed by atoms with Crippen LogP contribution >= 0.6 is 0 Å². The van der Waals surface area contributed by atoms with Crippen molar-refractivity contribution in [2.24, 2.45) is 0 Å². The van der Waals surface area contributed by atoms with E-state index in [0.717, 1.165) is 17.7 Å². The van der Waals surface area contributed by atoms with Gasteiger partial charge in [-0.1, -0.05) is 18.2 Å². The second kappa shape index (κ2) is 8.33. The molecular weight excluding hydrogens is 407 g/mol. The molecule has 2 aromatic heterocycles. The number of amides is 1. The van der Waals surface area contributed by atoms with Gasteiger partial charge in [-0.3, -0.25) is 4.79 Å². The zero-order chi connectivity index (χ0) is 22.0. The van der Waals surface area contributed by atoms with E-state index in [1.54, 1.807) is 30.2 Å². The first-order valence-corrected chi connectivity index (χ1v) is 9.79. The third-order valence-corrected chi connectivity index (χ3v) is 5.20. The molecule has 0 unspecified atom stereocenters. The average Bonchev–Trinajstić information content (AvgIpc) is 2.78. The number of nitrogens with zero attached hydrogens (tertiary/aromatic N) is 4. The van der Waals surface area contributed by atoms with Crippen molar-refractivity contribution in [3.8, 4) is 11.3 Å². The summed E-state index contributed by atoms with van der Waals surface area (Å²) in [4.78, 5) is 27.4. The maximum absolute atomic E-state index is 12.9. The third kappa shape index (κ3) is 4.50. The van der Waals surface area contributed by atoms with Gasteiger partial charge in [0.05, 0.1) is 23.5 Å². The molecule has 3 heterocycles. The lowest BCUT2D eigenvalue weighted by Gasteiger charge is -2.31. The number of halogens is 3. The van der Waals surface area contributed by atoms with Crippen LogP contribution in [0.3, 0.4) is 0 Å². The Hall–Kier alpha value is -3.49. The number of hydrogen-bond acceptors (Lipinski definition) is 5. The van der Waals surface area contributed by atoms with Crippen molar-refractivity contribution in [1.82, 2.24) is 19.9 Å². The van der Waals surface area contributed by atoms with Crippen molar-refractivity contribution in [2.45, 2.75) is 32.1 Å². The predicted octanol–water partition coefficient (Wildman–Crippen LogP) is 3.94. The molecule has 31 heavy (non-hydrogen) atoms. The second-order valence-electron chi connectivity index (χ2n) is 7.31. The van der Waals surface area contributed by atoms with E-state index in [1.807, 2.05) is 6.07 Å². The fourth-order valence-electron chi connectivity index (χ4n) is 3.61. The van der Waals surface area contributed by atoms with Crippen molar-refractivity contribution >= 4 is 11.7 Å². The van der Waals surface area contributed by atoms with E-state index in [4.69, 9.17) is 0 Å². The van der Waals surface area contributed by atoms with E-state index in [0.29, 0.717) is 42.3 Å². The first kappa shape index (κ1) is 20.8. The van der Waals surface area contributed by atoms with Crippen LogP contribution < -0.4 is 5.32 Å². The van der Waals surface area contributed by atoms with Crippen LogP contribution in [0.25, 0.3) is 11.3 Å². The van der Waals surface area contributed by atoms with Gasteiger partial charge in [0.1, 0.15) is 18.2 Å². The fraction of sp³-hybridized carbons (Fsp3) is 0.273. The third-order valence-electron chi connectivity index (χ3n) is 5.20. The predicted molar refractivity (Wildman–Crippen MR) is 109 cm³/mol. The van der Waals surface area contributed by atoms with E-state index >= 15 is 0 Å². The quantitative estimate of drug-likeness (QED) is 0.683. The molecule has 3 aromatic rings. The van der Waals surface area contributed by atoms with Crippen LogP contribution in [0.2, 0.25) is 0 Å². The van der Waals surface area contributed by atoms with Gasteiger partial charge in [-0.05, 0) is 37.6 Å². The topological polar surface area (TPSA) is 71.0 Å². The number of carbonyl (C=O) groups excluding carboxylic acids is 1. The van der Waals surface area contributed by atoms with E-state index in [-0.39, 0.29) is 5.91 Å². The molecule has 1 aromatic carbocycles. The first-order chi connectivity index (χ1) is 14.8. The van der Waals surface area contributed by atoms with E-state index < -0.39 is 17.8 Å². The maximum Gasteiger partial charge on any atom is 0.416 e. The molecule has 6 nitrogen and oxygen atoms in total. The summed E-state index contributed by atoms with van der Waals surface area (Å²) in [6, 6.07) is 9.90. The number of alkyl halides is 3. The van der Waals surface area contributed by atoms with Crippen molar-refractivity contribution in [1.29, 1.82) is 0 Å². The van der Waals surface area contributed by atoms with Gasteiger partial charge < -0.3 is 10.2 Å². The summed E-state index contributed by atoms with van der Waals surface area (Å²) in [7, 11) is 0. The number of carbonyl (C=O) groups is 1. The van der Waals surface area contributed by atoms with Crippen molar-refractivity contribution in [3.05, 3.63) is 71.8 Å². The number of fused-ring (bicyclic) bond motifs is 1. The highest BCUT2D eigenvalue weighted by molar-refractivity contribution is 5.84. The summed E-state index contributed by atoms with van der Waals surface area (Å²) < 4.78 is 38.5. The molecule has 0 fully saturated rings. The molecule has 1 amide bonds. The Morgan fingerprint density at radius 1 is 1.10 bits per heavy atom. The lowest BCUT2D eigenvalue weighted by molar-refractivity contribution is -0.137. The Kier molecular flexibility index (Phi) is 5.58. The largest absolute Gasteiger partial charge is 0.416 e. The van der Waals surface area contributed by atoms with Gasteiger partial charge in [-0.25, -0.2) is 15.0 Å². The number of hydrogen-bond donors (Lipinski definition) is 1. The van der Waals surface area contributed by atoms with Gasteiger partial charge >= 0.3 is 6.18 Å². The van der Waals surface area contributed by atoms with Gasteiger partial charge in [-0.15, -0.1) is 0 Å². The molecule has 0 spiro atoms. The molecule has 0 aliphatic carbocycles. The summed E-state index contributed by atoms with van der Waals surface area (Å²) in [5.41, 5.74) is 2.05. The minimum Gasteiger partial charge on any atom is -0.359 e. The first-order valence-electron chi connectivity index (χ1n) is 9.79. The molecule has 1 N–H and O–H groups in total.